The molecule has 0 aromatic heterocycles. The number of nitriles is 1. The van der Waals surface area contributed by atoms with Crippen LogP contribution in [-0.4, -0.2) is 54.9 Å². The van der Waals surface area contributed by atoms with Gasteiger partial charge >= 0.3 is 0 Å². The van der Waals surface area contributed by atoms with Crippen LogP contribution in [-0.2, 0) is 10.0 Å². The van der Waals surface area contributed by atoms with Gasteiger partial charge < -0.3 is 4.90 Å². The number of amidine groups is 1. The van der Waals surface area contributed by atoms with Crippen LogP contribution in [0, 0.1) is 11.3 Å². The molecule has 2 aliphatic rings. The molecule has 0 spiro atoms. The largest absolute Gasteiger partial charge is 0.332 e. The second-order valence-electron chi connectivity index (χ2n) is 5.61. The van der Waals surface area contributed by atoms with E-state index in [9.17, 15) is 8.42 Å². The zero-order valence-electron chi connectivity index (χ0n) is 13.0. The molecular formula is C14H22N4O2S. The van der Waals surface area contributed by atoms with Crippen LogP contribution in [0.2, 0.25) is 0 Å². The van der Waals surface area contributed by atoms with E-state index in [1.54, 1.807) is 0 Å². The molecule has 0 aromatic rings. The molecule has 0 saturated carbocycles. The molecule has 6 nitrogen and oxygen atoms in total. The molecule has 0 unspecified atom stereocenters. The quantitative estimate of drug-likeness (QED) is 0.734. The molecule has 1 saturated heterocycles. The van der Waals surface area contributed by atoms with Gasteiger partial charge in [-0.2, -0.15) is 9.57 Å². The summed E-state index contributed by atoms with van der Waals surface area (Å²) in [5.74, 6) is 0.933. The van der Waals surface area contributed by atoms with Gasteiger partial charge in [-0.15, -0.1) is 0 Å². The first-order valence-electron chi connectivity index (χ1n) is 7.17. The molecule has 116 valence electrons. The Morgan fingerprint density at radius 2 is 2.19 bits per heavy atom. The minimum atomic E-state index is -3.39. The summed E-state index contributed by atoms with van der Waals surface area (Å²) in [4.78, 5) is 6.74. The highest BCUT2D eigenvalue weighted by molar-refractivity contribution is 7.88. The molecule has 0 radical (unpaired) electrons. The summed E-state index contributed by atoms with van der Waals surface area (Å²) in [5, 5.41) is 8.91. The number of rotatable bonds is 4. The van der Waals surface area contributed by atoms with E-state index in [0.717, 1.165) is 12.3 Å². The Balaban J connectivity index is 2.35. The summed E-state index contributed by atoms with van der Waals surface area (Å²) in [5.41, 5.74) is 2.46. The first kappa shape index (κ1) is 16.0. The molecular weight excluding hydrogens is 288 g/mol. The number of sulfonamides is 1. The molecule has 0 aromatic carbocycles. The Morgan fingerprint density at radius 1 is 1.52 bits per heavy atom. The molecule has 1 fully saturated rings. The molecule has 2 atom stereocenters. The van der Waals surface area contributed by atoms with Gasteiger partial charge in [0.1, 0.15) is 12.4 Å². The zero-order chi connectivity index (χ0) is 15.8. The highest BCUT2D eigenvalue weighted by Crippen LogP contribution is 2.35. The predicted octanol–water partition coefficient (Wildman–Crippen LogP) is 1.33. The topological polar surface area (TPSA) is 76.8 Å². The van der Waals surface area contributed by atoms with Gasteiger partial charge in [0.15, 0.2) is 0 Å². The van der Waals surface area contributed by atoms with Gasteiger partial charge in [0.2, 0.25) is 10.0 Å². The normalized spacial score (nSPS) is 25.9. The van der Waals surface area contributed by atoms with Crippen molar-refractivity contribution >= 4 is 15.9 Å². The predicted molar refractivity (Wildman–Crippen MR) is 82.2 cm³/mol. The van der Waals surface area contributed by atoms with Gasteiger partial charge in [-0.3, -0.25) is 4.99 Å². The smallest absolute Gasteiger partial charge is 0.212 e. The maximum absolute atomic E-state index is 11.9. The molecule has 2 heterocycles. The number of nitrogens with zero attached hydrogens (tertiary/aromatic N) is 4. The zero-order valence-corrected chi connectivity index (χ0v) is 13.8. The van der Waals surface area contributed by atoms with E-state index in [2.05, 4.69) is 23.7 Å². The van der Waals surface area contributed by atoms with E-state index in [1.165, 1.54) is 21.8 Å². The third kappa shape index (κ3) is 2.97. The molecule has 0 amide bonds. The first-order chi connectivity index (χ1) is 9.79. The Morgan fingerprint density at radius 3 is 2.71 bits per heavy atom. The SMILES string of the molecule is CCC1=C2C[C@H](N(CC#N)S(C)(=O)=O)CN2C(C)=N[C@H]1C. The van der Waals surface area contributed by atoms with Gasteiger partial charge in [-0.05, 0) is 25.8 Å². The standard InChI is InChI=1S/C14H22N4O2S/c1-5-13-10(2)16-11(3)17-9-12(8-14(13)17)18(7-6-15)21(4,19)20/h10,12H,5,7-9H2,1-4H3/t10-,12-/m0/s1. The number of hydrogen-bond acceptors (Lipinski definition) is 5. The second kappa shape index (κ2) is 5.78. The highest BCUT2D eigenvalue weighted by atomic mass is 32.2. The molecule has 0 N–H and O–H groups in total. The van der Waals surface area contributed by atoms with E-state index in [1.807, 2.05) is 13.0 Å². The molecule has 2 aliphatic heterocycles. The van der Waals surface area contributed by atoms with Crippen molar-refractivity contribution in [2.75, 3.05) is 19.3 Å². The van der Waals surface area contributed by atoms with Crippen molar-refractivity contribution in [3.63, 3.8) is 0 Å². The van der Waals surface area contributed by atoms with Crippen molar-refractivity contribution in [3.05, 3.63) is 11.3 Å². The van der Waals surface area contributed by atoms with Gasteiger partial charge in [-0.1, -0.05) is 6.92 Å². The third-order valence-corrected chi connectivity index (χ3v) is 5.51. The van der Waals surface area contributed by atoms with E-state index < -0.39 is 10.0 Å². The summed E-state index contributed by atoms with van der Waals surface area (Å²) in [6.45, 7) is 6.61. The van der Waals surface area contributed by atoms with Crippen LogP contribution in [0.3, 0.4) is 0 Å². The van der Waals surface area contributed by atoms with Crippen molar-refractivity contribution in [3.8, 4) is 6.07 Å². The van der Waals surface area contributed by atoms with Crippen molar-refractivity contribution in [2.24, 2.45) is 4.99 Å². The Labute approximate surface area is 126 Å². The molecule has 2 rings (SSSR count). The maximum atomic E-state index is 11.9. The monoisotopic (exact) mass is 310 g/mol. The van der Waals surface area contributed by atoms with Crippen LogP contribution in [0.25, 0.3) is 0 Å². The molecule has 0 aliphatic carbocycles. The van der Waals surface area contributed by atoms with Gasteiger partial charge in [0, 0.05) is 24.7 Å². The fourth-order valence-electron chi connectivity index (χ4n) is 3.30. The minimum absolute atomic E-state index is 0.0994. The van der Waals surface area contributed by atoms with Crippen molar-refractivity contribution < 1.29 is 8.42 Å². The lowest BCUT2D eigenvalue weighted by Crippen LogP contribution is -2.42. The fourth-order valence-corrected chi connectivity index (χ4v) is 4.27. The summed E-state index contributed by atoms with van der Waals surface area (Å²) in [6, 6.07) is 1.93. The van der Waals surface area contributed by atoms with Crippen molar-refractivity contribution in [1.29, 1.82) is 5.26 Å². The van der Waals surface area contributed by atoms with E-state index in [0.29, 0.717) is 13.0 Å². The minimum Gasteiger partial charge on any atom is -0.332 e. The second-order valence-corrected chi connectivity index (χ2v) is 7.55. The summed E-state index contributed by atoms with van der Waals surface area (Å²) >= 11 is 0. The highest BCUT2D eigenvalue weighted by Gasteiger charge is 2.39. The van der Waals surface area contributed by atoms with Crippen LogP contribution in [0.4, 0.5) is 0 Å². The average molecular weight is 310 g/mol. The average Bonchev–Trinajstić information content (AvgIpc) is 2.79. The van der Waals surface area contributed by atoms with Crippen LogP contribution in [0.15, 0.2) is 16.3 Å². The lowest BCUT2D eigenvalue weighted by Gasteiger charge is -2.30. The van der Waals surface area contributed by atoms with Crippen LogP contribution >= 0.6 is 0 Å². The summed E-state index contributed by atoms with van der Waals surface area (Å²) in [6.07, 6.45) is 2.74. The first-order valence-corrected chi connectivity index (χ1v) is 9.02. The Kier molecular flexibility index (Phi) is 4.40. The fraction of sp³-hybridized carbons (Fsp3) is 0.714. The Bertz CT molecular complexity index is 630. The van der Waals surface area contributed by atoms with Crippen LogP contribution in [0.1, 0.15) is 33.6 Å². The number of aliphatic imine (C=N–C) groups is 1. The van der Waals surface area contributed by atoms with E-state index >= 15 is 0 Å². The molecule has 7 heteroatoms. The number of hydrogen-bond donors (Lipinski definition) is 0. The lowest BCUT2D eigenvalue weighted by molar-refractivity contribution is 0.351. The van der Waals surface area contributed by atoms with Crippen molar-refractivity contribution in [1.82, 2.24) is 9.21 Å². The maximum Gasteiger partial charge on any atom is 0.212 e. The summed E-state index contributed by atoms with van der Waals surface area (Å²) < 4.78 is 25.2. The van der Waals surface area contributed by atoms with Crippen molar-refractivity contribution in [2.45, 2.75) is 45.7 Å². The molecule has 0 bridgehead atoms. The Hall–Kier alpha value is -1.39. The van der Waals surface area contributed by atoms with Crippen LogP contribution < -0.4 is 0 Å². The summed E-state index contributed by atoms with van der Waals surface area (Å²) in [7, 11) is -3.39. The third-order valence-electron chi connectivity index (χ3n) is 4.23. The van der Waals surface area contributed by atoms with E-state index in [-0.39, 0.29) is 18.6 Å². The van der Waals surface area contributed by atoms with Gasteiger partial charge in [0.25, 0.3) is 0 Å². The molecule has 21 heavy (non-hydrogen) atoms. The van der Waals surface area contributed by atoms with Gasteiger partial charge in [-0.25, -0.2) is 8.42 Å². The van der Waals surface area contributed by atoms with E-state index in [4.69, 9.17) is 5.26 Å². The van der Waals surface area contributed by atoms with Crippen LogP contribution in [0.5, 0.6) is 0 Å². The van der Waals surface area contributed by atoms with Gasteiger partial charge in [0.05, 0.1) is 18.4 Å². The number of fused-ring (bicyclic) bond motifs is 1. The lowest BCUT2D eigenvalue weighted by atomic mass is 10.0.